The van der Waals surface area contributed by atoms with E-state index in [1.807, 2.05) is 32.9 Å². The van der Waals surface area contributed by atoms with Crippen LogP contribution in [0.4, 0.5) is 10.7 Å². The highest BCUT2D eigenvalue weighted by Crippen LogP contribution is 2.34. The number of benzene rings is 1. The summed E-state index contributed by atoms with van der Waals surface area (Å²) in [7, 11) is 0. The van der Waals surface area contributed by atoms with Gasteiger partial charge in [-0.05, 0) is 57.4 Å². The van der Waals surface area contributed by atoms with Crippen LogP contribution in [0, 0.1) is 12.8 Å². The Morgan fingerprint density at radius 1 is 1.11 bits per heavy atom. The molecule has 1 saturated carbocycles. The second kappa shape index (κ2) is 8.43. The molecule has 1 heterocycles. The van der Waals surface area contributed by atoms with E-state index in [1.54, 1.807) is 12.1 Å². The molecule has 27 heavy (non-hydrogen) atoms. The smallest absolute Gasteiger partial charge is 0.266 e. The van der Waals surface area contributed by atoms with Crippen LogP contribution in [0.15, 0.2) is 24.3 Å². The number of amides is 2. The van der Waals surface area contributed by atoms with E-state index in [9.17, 15) is 9.59 Å². The molecule has 2 N–H and O–H groups in total. The number of nitrogens with one attached hydrogen (secondary N) is 2. The summed E-state index contributed by atoms with van der Waals surface area (Å²) in [4.78, 5) is 25.3. The maximum atomic E-state index is 12.8. The van der Waals surface area contributed by atoms with Crippen molar-refractivity contribution in [2.75, 3.05) is 23.8 Å². The van der Waals surface area contributed by atoms with Gasteiger partial charge in [-0.3, -0.25) is 9.59 Å². The van der Waals surface area contributed by atoms with Gasteiger partial charge in [-0.2, -0.15) is 0 Å². The lowest BCUT2D eigenvalue weighted by Crippen LogP contribution is -2.13. The van der Waals surface area contributed by atoms with E-state index in [1.165, 1.54) is 11.3 Å². The molecule has 0 saturated heterocycles. The third kappa shape index (κ3) is 4.80. The average Bonchev–Trinajstić information content (AvgIpc) is 3.41. The lowest BCUT2D eigenvalue weighted by molar-refractivity contribution is -0.117. The van der Waals surface area contributed by atoms with E-state index < -0.39 is 0 Å². The van der Waals surface area contributed by atoms with Crippen molar-refractivity contribution in [3.05, 3.63) is 34.7 Å². The van der Waals surface area contributed by atoms with Gasteiger partial charge in [-0.25, -0.2) is 0 Å². The third-order valence-corrected chi connectivity index (χ3v) is 5.28. The van der Waals surface area contributed by atoms with Gasteiger partial charge < -0.3 is 20.1 Å². The summed E-state index contributed by atoms with van der Waals surface area (Å²) in [5.74, 6) is 1.17. The normalized spacial score (nSPS) is 13.1. The number of thiophene rings is 1. The topological polar surface area (TPSA) is 76.7 Å². The molecule has 0 aliphatic heterocycles. The van der Waals surface area contributed by atoms with Crippen molar-refractivity contribution >= 4 is 33.8 Å². The van der Waals surface area contributed by atoms with E-state index in [0.29, 0.717) is 40.3 Å². The van der Waals surface area contributed by atoms with Gasteiger partial charge in [0.2, 0.25) is 5.91 Å². The van der Waals surface area contributed by atoms with Crippen LogP contribution in [-0.2, 0) is 4.79 Å². The van der Waals surface area contributed by atoms with Crippen LogP contribution in [0.2, 0.25) is 0 Å². The molecule has 3 rings (SSSR count). The Kier molecular flexibility index (Phi) is 6.01. The van der Waals surface area contributed by atoms with Crippen LogP contribution < -0.4 is 20.1 Å². The second-order valence-corrected chi connectivity index (χ2v) is 7.42. The molecule has 2 aromatic rings. The fraction of sp³-hybridized carbons (Fsp3) is 0.400. The first kappa shape index (κ1) is 19.2. The number of rotatable bonds is 8. The SMILES string of the molecule is CCOc1ccc(OCC)c(NC(=O)c2sc(NC(=O)C3CC3)cc2C)c1. The summed E-state index contributed by atoms with van der Waals surface area (Å²) >= 11 is 1.28. The maximum absolute atomic E-state index is 12.8. The molecule has 144 valence electrons. The predicted octanol–water partition coefficient (Wildman–Crippen LogP) is 4.45. The summed E-state index contributed by atoms with van der Waals surface area (Å²) in [5.41, 5.74) is 1.38. The molecule has 1 aliphatic carbocycles. The van der Waals surface area contributed by atoms with Gasteiger partial charge in [0.15, 0.2) is 0 Å². The lowest BCUT2D eigenvalue weighted by Gasteiger charge is -2.13. The number of carbonyl (C=O) groups excluding carboxylic acids is 2. The number of carbonyl (C=O) groups is 2. The Balaban J connectivity index is 1.77. The van der Waals surface area contributed by atoms with E-state index >= 15 is 0 Å². The zero-order chi connectivity index (χ0) is 19.4. The van der Waals surface area contributed by atoms with E-state index in [2.05, 4.69) is 10.6 Å². The van der Waals surface area contributed by atoms with Crippen molar-refractivity contribution in [2.45, 2.75) is 33.6 Å². The number of aryl methyl sites for hydroxylation is 1. The molecule has 1 aliphatic rings. The summed E-state index contributed by atoms with van der Waals surface area (Å²) in [6.45, 7) is 6.68. The van der Waals surface area contributed by atoms with Crippen molar-refractivity contribution in [3.63, 3.8) is 0 Å². The van der Waals surface area contributed by atoms with Gasteiger partial charge in [0.05, 0.1) is 28.8 Å². The van der Waals surface area contributed by atoms with Crippen LogP contribution in [0.1, 0.15) is 41.9 Å². The first-order valence-corrected chi connectivity index (χ1v) is 9.95. The average molecular weight is 388 g/mol. The Morgan fingerprint density at radius 3 is 2.52 bits per heavy atom. The van der Waals surface area contributed by atoms with Crippen LogP contribution in [-0.4, -0.2) is 25.0 Å². The molecule has 0 bridgehead atoms. The van der Waals surface area contributed by atoms with Gasteiger partial charge in [-0.1, -0.05) is 0 Å². The highest BCUT2D eigenvalue weighted by molar-refractivity contribution is 7.18. The van der Waals surface area contributed by atoms with Crippen molar-refractivity contribution in [2.24, 2.45) is 5.92 Å². The van der Waals surface area contributed by atoms with Gasteiger partial charge >= 0.3 is 0 Å². The number of anilines is 2. The van der Waals surface area contributed by atoms with Crippen molar-refractivity contribution in [1.82, 2.24) is 0 Å². The monoisotopic (exact) mass is 388 g/mol. The van der Waals surface area contributed by atoms with Gasteiger partial charge in [0.1, 0.15) is 11.5 Å². The molecule has 7 heteroatoms. The first-order valence-electron chi connectivity index (χ1n) is 9.14. The van der Waals surface area contributed by atoms with Gasteiger partial charge in [0.25, 0.3) is 5.91 Å². The zero-order valence-corrected chi connectivity index (χ0v) is 16.6. The third-order valence-electron chi connectivity index (χ3n) is 4.13. The molecule has 1 aromatic heterocycles. The highest BCUT2D eigenvalue weighted by atomic mass is 32.1. The Hall–Kier alpha value is -2.54. The summed E-state index contributed by atoms with van der Waals surface area (Å²) in [6.07, 6.45) is 1.89. The quantitative estimate of drug-likeness (QED) is 0.700. The predicted molar refractivity (Wildman–Crippen MR) is 107 cm³/mol. The van der Waals surface area contributed by atoms with Gasteiger partial charge in [0, 0.05) is 12.0 Å². The molecule has 1 fully saturated rings. The first-order chi connectivity index (χ1) is 13.0. The molecule has 0 spiro atoms. The van der Waals surface area contributed by atoms with Crippen molar-refractivity contribution < 1.29 is 19.1 Å². The fourth-order valence-electron chi connectivity index (χ4n) is 2.66. The number of ether oxygens (including phenoxy) is 2. The maximum Gasteiger partial charge on any atom is 0.266 e. The Labute approximate surface area is 162 Å². The number of hydrogen-bond donors (Lipinski definition) is 2. The second-order valence-electron chi connectivity index (χ2n) is 6.36. The van der Waals surface area contributed by atoms with E-state index in [4.69, 9.17) is 9.47 Å². The fourth-order valence-corrected chi connectivity index (χ4v) is 3.63. The Bertz CT molecular complexity index is 843. The van der Waals surface area contributed by atoms with Crippen LogP contribution in [0.25, 0.3) is 0 Å². The minimum atomic E-state index is -0.237. The molecule has 0 atom stereocenters. The molecule has 0 unspecified atom stereocenters. The zero-order valence-electron chi connectivity index (χ0n) is 15.8. The molecule has 2 amide bonds. The summed E-state index contributed by atoms with van der Waals surface area (Å²) < 4.78 is 11.1. The molecule has 0 radical (unpaired) electrons. The Morgan fingerprint density at radius 2 is 1.85 bits per heavy atom. The summed E-state index contributed by atoms with van der Waals surface area (Å²) in [6, 6.07) is 7.18. The molecular formula is C20H24N2O4S. The van der Waals surface area contributed by atoms with Crippen LogP contribution in [0.3, 0.4) is 0 Å². The van der Waals surface area contributed by atoms with Crippen molar-refractivity contribution in [3.8, 4) is 11.5 Å². The minimum absolute atomic E-state index is 0.0336. The molecule has 1 aromatic carbocycles. The van der Waals surface area contributed by atoms with Crippen LogP contribution in [0.5, 0.6) is 11.5 Å². The van der Waals surface area contributed by atoms with Gasteiger partial charge in [-0.15, -0.1) is 11.3 Å². The molecular weight excluding hydrogens is 364 g/mol. The minimum Gasteiger partial charge on any atom is -0.494 e. The van der Waals surface area contributed by atoms with Crippen molar-refractivity contribution in [1.29, 1.82) is 0 Å². The highest BCUT2D eigenvalue weighted by Gasteiger charge is 2.30. The lowest BCUT2D eigenvalue weighted by atomic mass is 10.2. The largest absolute Gasteiger partial charge is 0.494 e. The standard InChI is InChI=1S/C20H24N2O4S/c1-4-25-14-8-9-16(26-5-2)15(11-14)21-20(24)18-12(3)10-17(27-18)22-19(23)13-6-7-13/h8-11,13H,4-7H2,1-3H3,(H,21,24)(H,22,23). The van der Waals surface area contributed by atoms with E-state index in [0.717, 1.165) is 18.4 Å². The van der Waals surface area contributed by atoms with Crippen LogP contribution >= 0.6 is 11.3 Å². The van der Waals surface area contributed by atoms with E-state index in [-0.39, 0.29) is 17.7 Å². The molecule has 6 nitrogen and oxygen atoms in total. The summed E-state index contributed by atoms with van der Waals surface area (Å²) in [5, 5.41) is 6.50. The number of hydrogen-bond acceptors (Lipinski definition) is 5.